The Bertz CT molecular complexity index is 976. The number of likely N-dealkylation sites (tertiary alicyclic amines) is 1. The molecule has 1 fully saturated rings. The van der Waals surface area contributed by atoms with Gasteiger partial charge in [0.1, 0.15) is 12.1 Å². The number of hydrogen-bond acceptors (Lipinski definition) is 6. The number of nitrogens with zero attached hydrogens (tertiary/aromatic N) is 8. The van der Waals surface area contributed by atoms with Crippen LogP contribution in [0.25, 0.3) is 5.78 Å². The third-order valence-electron chi connectivity index (χ3n) is 5.17. The highest BCUT2D eigenvalue weighted by Crippen LogP contribution is 2.27. The van der Waals surface area contributed by atoms with Crippen molar-refractivity contribution < 1.29 is 4.79 Å². The number of anilines is 1. The Hall–Kier alpha value is -2.97. The zero-order valence-electron chi connectivity index (χ0n) is 14.6. The van der Waals surface area contributed by atoms with Crippen molar-refractivity contribution in [1.29, 1.82) is 0 Å². The highest BCUT2D eigenvalue weighted by atomic mass is 16.2. The molecule has 9 heteroatoms. The topological polar surface area (TPSA) is 84.5 Å². The second kappa shape index (κ2) is 5.79. The van der Waals surface area contributed by atoms with Gasteiger partial charge in [0.2, 0.25) is 5.91 Å². The first-order valence-corrected chi connectivity index (χ1v) is 8.91. The standard InChI is InChI=1S/C17H20N8O/c1-12-7-15(25-17(21-12)18-11-20-25)23-8-13-4-5-19-24(13)14(10-23)9-22-6-2-3-16(22)26/h4-5,7,11,14H,2-3,6,8-10H2,1H3/t14-/m1/s1. The van der Waals surface area contributed by atoms with Gasteiger partial charge in [-0.1, -0.05) is 0 Å². The van der Waals surface area contributed by atoms with Crippen LogP contribution >= 0.6 is 0 Å². The SMILES string of the molecule is Cc1cc(N2Cc3ccnn3[C@H](CN3CCCC3=O)C2)n2ncnc2n1. The molecule has 0 unspecified atom stereocenters. The van der Waals surface area contributed by atoms with Crippen LogP contribution in [-0.4, -0.2) is 59.8 Å². The number of carbonyl (C=O) groups excluding carboxylic acids is 1. The molecule has 3 aromatic rings. The summed E-state index contributed by atoms with van der Waals surface area (Å²) in [6.45, 7) is 4.99. The molecule has 0 bridgehead atoms. The molecular weight excluding hydrogens is 332 g/mol. The van der Waals surface area contributed by atoms with Gasteiger partial charge < -0.3 is 9.80 Å². The van der Waals surface area contributed by atoms with E-state index in [1.807, 2.05) is 30.2 Å². The van der Waals surface area contributed by atoms with Crippen LogP contribution in [0.3, 0.4) is 0 Å². The number of carbonyl (C=O) groups is 1. The fraction of sp³-hybridized carbons (Fsp3) is 0.471. The van der Waals surface area contributed by atoms with Crippen LogP contribution in [0, 0.1) is 6.92 Å². The van der Waals surface area contributed by atoms with Crippen molar-refractivity contribution in [3.05, 3.63) is 36.0 Å². The highest BCUT2D eigenvalue weighted by molar-refractivity contribution is 5.78. The molecule has 134 valence electrons. The maximum absolute atomic E-state index is 12.1. The molecule has 26 heavy (non-hydrogen) atoms. The van der Waals surface area contributed by atoms with E-state index in [1.165, 1.54) is 6.33 Å². The van der Waals surface area contributed by atoms with Gasteiger partial charge in [-0.25, -0.2) is 4.98 Å². The second-order valence-corrected chi connectivity index (χ2v) is 6.97. The number of fused-ring (bicyclic) bond motifs is 2. The summed E-state index contributed by atoms with van der Waals surface area (Å²) in [5.41, 5.74) is 2.04. The summed E-state index contributed by atoms with van der Waals surface area (Å²) in [4.78, 5) is 25.0. The van der Waals surface area contributed by atoms with Crippen molar-refractivity contribution >= 4 is 17.5 Å². The first kappa shape index (κ1) is 15.3. The molecule has 1 saturated heterocycles. The quantitative estimate of drug-likeness (QED) is 0.694. The van der Waals surface area contributed by atoms with E-state index in [2.05, 4.69) is 29.7 Å². The van der Waals surface area contributed by atoms with Crippen molar-refractivity contribution in [3.63, 3.8) is 0 Å². The molecule has 1 amide bonds. The Balaban J connectivity index is 1.51. The van der Waals surface area contributed by atoms with Gasteiger partial charge in [0, 0.05) is 44.0 Å². The molecule has 0 spiro atoms. The lowest BCUT2D eigenvalue weighted by Crippen LogP contribution is -2.44. The van der Waals surface area contributed by atoms with Crippen LogP contribution in [0.15, 0.2) is 24.7 Å². The van der Waals surface area contributed by atoms with Gasteiger partial charge in [-0.15, -0.1) is 0 Å². The molecule has 0 N–H and O–H groups in total. The summed E-state index contributed by atoms with van der Waals surface area (Å²) in [5, 5.41) is 8.84. The lowest BCUT2D eigenvalue weighted by atomic mass is 10.1. The third kappa shape index (κ3) is 2.42. The predicted molar refractivity (Wildman–Crippen MR) is 93.6 cm³/mol. The molecule has 5 heterocycles. The van der Waals surface area contributed by atoms with Gasteiger partial charge in [-0.3, -0.25) is 9.48 Å². The van der Waals surface area contributed by atoms with E-state index in [1.54, 1.807) is 4.52 Å². The van der Waals surface area contributed by atoms with Gasteiger partial charge in [0.25, 0.3) is 5.78 Å². The number of amides is 1. The molecular formula is C17H20N8O. The monoisotopic (exact) mass is 352 g/mol. The minimum atomic E-state index is 0.114. The first-order chi connectivity index (χ1) is 12.7. The molecule has 0 aromatic carbocycles. The summed E-state index contributed by atoms with van der Waals surface area (Å²) in [6.07, 6.45) is 4.97. The number of aromatic nitrogens is 6. The molecule has 9 nitrogen and oxygen atoms in total. The van der Waals surface area contributed by atoms with E-state index in [-0.39, 0.29) is 11.9 Å². The average Bonchev–Trinajstić information content (AvgIpc) is 3.35. The van der Waals surface area contributed by atoms with E-state index in [9.17, 15) is 4.79 Å². The summed E-state index contributed by atoms with van der Waals surface area (Å²) in [7, 11) is 0. The predicted octanol–water partition coefficient (Wildman–Crippen LogP) is 0.813. The Morgan fingerprint density at radius 3 is 3.08 bits per heavy atom. The lowest BCUT2D eigenvalue weighted by molar-refractivity contribution is -0.128. The van der Waals surface area contributed by atoms with Gasteiger partial charge in [0.05, 0.1) is 18.3 Å². The van der Waals surface area contributed by atoms with Crippen molar-refractivity contribution in [3.8, 4) is 0 Å². The Kier molecular flexibility index (Phi) is 3.41. The average molecular weight is 352 g/mol. The van der Waals surface area contributed by atoms with Gasteiger partial charge >= 0.3 is 0 Å². The molecule has 0 saturated carbocycles. The number of rotatable bonds is 3. The smallest absolute Gasteiger partial charge is 0.254 e. The van der Waals surface area contributed by atoms with Crippen LogP contribution < -0.4 is 4.90 Å². The zero-order chi connectivity index (χ0) is 17.7. The third-order valence-corrected chi connectivity index (χ3v) is 5.17. The normalized spacial score (nSPS) is 20.2. The van der Waals surface area contributed by atoms with Crippen molar-refractivity contribution in [2.24, 2.45) is 0 Å². The summed E-state index contributed by atoms with van der Waals surface area (Å²) >= 11 is 0. The molecule has 5 rings (SSSR count). The van der Waals surface area contributed by atoms with Crippen LogP contribution in [0.2, 0.25) is 0 Å². The van der Waals surface area contributed by atoms with Crippen LogP contribution in [0.5, 0.6) is 0 Å². The minimum Gasteiger partial charge on any atom is -0.348 e. The lowest BCUT2D eigenvalue weighted by Gasteiger charge is -2.36. The van der Waals surface area contributed by atoms with Gasteiger partial charge in [-0.05, 0) is 19.4 Å². The Labute approximate surface area is 150 Å². The molecule has 2 aliphatic rings. The largest absolute Gasteiger partial charge is 0.348 e. The van der Waals surface area contributed by atoms with E-state index in [0.717, 1.165) is 43.3 Å². The maximum Gasteiger partial charge on any atom is 0.254 e. The molecule has 0 aliphatic carbocycles. The fourth-order valence-corrected chi connectivity index (χ4v) is 3.99. The Morgan fingerprint density at radius 2 is 2.23 bits per heavy atom. The van der Waals surface area contributed by atoms with Gasteiger partial charge in [-0.2, -0.15) is 19.7 Å². The Morgan fingerprint density at radius 1 is 1.31 bits per heavy atom. The minimum absolute atomic E-state index is 0.114. The molecule has 0 radical (unpaired) electrons. The fourth-order valence-electron chi connectivity index (χ4n) is 3.99. The summed E-state index contributed by atoms with van der Waals surface area (Å²) in [5.74, 6) is 1.81. The summed E-state index contributed by atoms with van der Waals surface area (Å²) in [6, 6.07) is 4.19. The van der Waals surface area contributed by atoms with Crippen molar-refractivity contribution in [2.45, 2.75) is 32.4 Å². The highest BCUT2D eigenvalue weighted by Gasteiger charge is 2.31. The van der Waals surface area contributed by atoms with Crippen molar-refractivity contribution in [2.75, 3.05) is 24.5 Å². The second-order valence-electron chi connectivity index (χ2n) is 6.97. The zero-order valence-corrected chi connectivity index (χ0v) is 14.6. The first-order valence-electron chi connectivity index (χ1n) is 8.91. The molecule has 3 aromatic heterocycles. The van der Waals surface area contributed by atoms with Crippen LogP contribution in [-0.2, 0) is 11.3 Å². The molecule has 2 aliphatic heterocycles. The number of hydrogen-bond donors (Lipinski definition) is 0. The summed E-state index contributed by atoms with van der Waals surface area (Å²) < 4.78 is 3.84. The van der Waals surface area contributed by atoms with Crippen LogP contribution in [0.1, 0.15) is 30.3 Å². The van der Waals surface area contributed by atoms with E-state index >= 15 is 0 Å². The van der Waals surface area contributed by atoms with Crippen molar-refractivity contribution in [1.82, 2.24) is 34.3 Å². The van der Waals surface area contributed by atoms with Crippen LogP contribution in [0.4, 0.5) is 5.82 Å². The van der Waals surface area contributed by atoms with E-state index in [4.69, 9.17) is 0 Å². The van der Waals surface area contributed by atoms with Gasteiger partial charge in [0.15, 0.2) is 0 Å². The van der Waals surface area contributed by atoms with E-state index in [0.29, 0.717) is 18.7 Å². The molecule has 1 atom stereocenters. The van der Waals surface area contributed by atoms with E-state index < -0.39 is 0 Å². The number of aryl methyl sites for hydroxylation is 1. The maximum atomic E-state index is 12.1.